The summed E-state index contributed by atoms with van der Waals surface area (Å²) in [5, 5.41) is 5.22. The third kappa shape index (κ3) is 4.93. The number of hydrogen-bond donors (Lipinski definition) is 0. The Kier molecular flexibility index (Phi) is 5.65. The van der Waals surface area contributed by atoms with Gasteiger partial charge in [0.2, 0.25) is 0 Å². The summed E-state index contributed by atoms with van der Waals surface area (Å²) in [4.78, 5) is 4.25. The fourth-order valence-electron chi connectivity index (χ4n) is 3.32. The normalized spacial score (nSPS) is 13.3. The second kappa shape index (κ2) is 8.38. The number of benzene rings is 2. The molecule has 0 saturated heterocycles. The first-order chi connectivity index (χ1) is 14.4. The van der Waals surface area contributed by atoms with Crippen LogP contribution in [-0.2, 0) is 27.6 Å². The first-order valence-corrected chi connectivity index (χ1v) is 11.7. The zero-order valence-electron chi connectivity index (χ0n) is 16.9. The Balaban J connectivity index is 1.46. The molecule has 0 spiro atoms. The van der Waals surface area contributed by atoms with Crippen molar-refractivity contribution >= 4 is 21.1 Å². The van der Waals surface area contributed by atoms with E-state index in [1.165, 1.54) is 6.26 Å². The number of aromatic nitrogens is 3. The third-order valence-electron chi connectivity index (χ3n) is 4.85. The van der Waals surface area contributed by atoms with E-state index in [0.717, 1.165) is 39.0 Å². The molecule has 0 N–H and O–H groups in total. The van der Waals surface area contributed by atoms with Crippen molar-refractivity contribution in [2.45, 2.75) is 20.1 Å². The van der Waals surface area contributed by atoms with Gasteiger partial charge in [0.25, 0.3) is 0 Å². The van der Waals surface area contributed by atoms with Crippen molar-refractivity contribution in [3.63, 3.8) is 0 Å². The molecule has 4 aromatic rings. The van der Waals surface area contributed by atoms with E-state index in [1.54, 1.807) is 10.9 Å². The van der Waals surface area contributed by atoms with Gasteiger partial charge in [-0.25, -0.2) is 0 Å². The summed E-state index contributed by atoms with van der Waals surface area (Å²) in [6.45, 7) is 2.77. The van der Waals surface area contributed by atoms with Gasteiger partial charge in [0.05, 0.1) is 24.5 Å². The molecule has 4 rings (SSSR count). The number of hydrogen-bond acceptors (Lipinski definition) is 5. The van der Waals surface area contributed by atoms with Crippen molar-refractivity contribution in [3.8, 4) is 16.9 Å². The van der Waals surface area contributed by atoms with Crippen LogP contribution >= 0.6 is 0 Å². The monoisotopic (exact) mass is 421 g/mol. The van der Waals surface area contributed by atoms with E-state index < -0.39 is 10.2 Å². The van der Waals surface area contributed by atoms with Crippen LogP contribution in [0.1, 0.15) is 11.3 Å². The molecule has 0 fully saturated rings. The van der Waals surface area contributed by atoms with Crippen molar-refractivity contribution in [2.24, 2.45) is 0 Å². The summed E-state index contributed by atoms with van der Waals surface area (Å²) < 4.78 is 30.5. The first-order valence-electron chi connectivity index (χ1n) is 9.65. The van der Waals surface area contributed by atoms with E-state index in [1.807, 2.05) is 49.5 Å². The van der Waals surface area contributed by atoms with Crippen molar-refractivity contribution in [2.75, 3.05) is 12.0 Å². The van der Waals surface area contributed by atoms with E-state index in [0.29, 0.717) is 13.2 Å². The number of aryl methyl sites for hydroxylation is 2. The molecular weight excluding hydrogens is 398 g/mol. The zero-order valence-corrected chi connectivity index (χ0v) is 17.8. The minimum atomic E-state index is -3.03. The molecule has 0 aliphatic rings. The average Bonchev–Trinajstić information content (AvgIpc) is 3.13. The van der Waals surface area contributed by atoms with Crippen LogP contribution < -0.4 is 4.74 Å². The Bertz CT molecular complexity index is 1230. The third-order valence-corrected chi connectivity index (χ3v) is 5.77. The molecular formula is C23H23N3O3S. The summed E-state index contributed by atoms with van der Waals surface area (Å²) in [6, 6.07) is 18.1. The van der Waals surface area contributed by atoms with Crippen LogP contribution in [-0.4, -0.2) is 31.3 Å². The number of pyridine rings is 1. The number of ether oxygens (including phenoxy) is 1. The standard InChI is InChI=1S/C23H23N3O3S/c1-17-12-20(8-9-24-17)19-5-3-4-18(13-19)16-29-22-6-7-23-21(14-22)15-25-26(23)10-11-30(2,27)28/h3-9,12-15H,10-11,16H2,1-2H3. The van der Waals surface area contributed by atoms with Gasteiger partial charge in [-0.1, -0.05) is 18.2 Å². The highest BCUT2D eigenvalue weighted by Gasteiger charge is 2.10. The maximum absolute atomic E-state index is 11.4. The highest BCUT2D eigenvalue weighted by atomic mass is 32.3. The fourth-order valence-corrected chi connectivity index (χ4v) is 3.82. The lowest BCUT2D eigenvalue weighted by molar-refractivity contribution is 0.306. The predicted octanol–water partition coefficient (Wildman–Crippen LogP) is 4.25. The van der Waals surface area contributed by atoms with Crippen LogP contribution in [0.3, 0.4) is 0 Å². The number of sulfone groups is 1. The van der Waals surface area contributed by atoms with E-state index in [9.17, 15) is 8.76 Å². The summed E-state index contributed by atoms with van der Waals surface area (Å²) >= 11 is 0. The largest absolute Gasteiger partial charge is 0.615 e. The van der Waals surface area contributed by atoms with Crippen LogP contribution in [0.5, 0.6) is 5.75 Å². The van der Waals surface area contributed by atoms with E-state index >= 15 is 0 Å². The van der Waals surface area contributed by atoms with Crippen molar-refractivity contribution in [1.29, 1.82) is 0 Å². The van der Waals surface area contributed by atoms with Gasteiger partial charge < -0.3 is 9.29 Å². The molecule has 7 heteroatoms. The zero-order chi connectivity index (χ0) is 21.1. The number of nitrogens with zero attached hydrogens (tertiary/aromatic N) is 3. The van der Waals surface area contributed by atoms with E-state index in [2.05, 4.69) is 28.3 Å². The molecule has 154 valence electrons. The second-order valence-electron chi connectivity index (χ2n) is 7.39. The fraction of sp³-hybridized carbons (Fsp3) is 0.217. The van der Waals surface area contributed by atoms with Gasteiger partial charge >= 0.3 is 0 Å². The van der Waals surface area contributed by atoms with Crippen molar-refractivity contribution < 1.29 is 13.5 Å². The Morgan fingerprint density at radius 1 is 1.10 bits per heavy atom. The van der Waals surface area contributed by atoms with Crippen LogP contribution in [0.2, 0.25) is 0 Å². The molecule has 1 unspecified atom stereocenters. The topological polar surface area (TPSA) is 80.1 Å². The second-order valence-corrected chi connectivity index (χ2v) is 9.65. The molecule has 2 heterocycles. The van der Waals surface area contributed by atoms with Crippen LogP contribution in [0.4, 0.5) is 0 Å². The molecule has 2 aromatic carbocycles. The highest BCUT2D eigenvalue weighted by Crippen LogP contribution is 2.24. The maximum atomic E-state index is 11.4. The summed E-state index contributed by atoms with van der Waals surface area (Å²) in [7, 11) is -3.03. The van der Waals surface area contributed by atoms with Gasteiger partial charge in [-0.05, 0) is 60.0 Å². The summed E-state index contributed by atoms with van der Waals surface area (Å²) in [5.74, 6) is 0.811. The van der Waals surface area contributed by atoms with E-state index in [4.69, 9.17) is 4.74 Å². The van der Waals surface area contributed by atoms with Crippen LogP contribution in [0.15, 0.2) is 67.0 Å². The highest BCUT2D eigenvalue weighted by molar-refractivity contribution is 7.96. The quantitative estimate of drug-likeness (QED) is 0.417. The Morgan fingerprint density at radius 2 is 1.93 bits per heavy atom. The van der Waals surface area contributed by atoms with Crippen LogP contribution in [0.25, 0.3) is 22.0 Å². The number of fused-ring (bicyclic) bond motifs is 1. The maximum Gasteiger partial charge on any atom is 0.128 e. The number of rotatable bonds is 7. The van der Waals surface area contributed by atoms with Gasteiger partial charge in [0.1, 0.15) is 18.1 Å². The summed E-state index contributed by atoms with van der Waals surface area (Å²) in [5.41, 5.74) is 5.21. The van der Waals surface area contributed by atoms with Gasteiger partial charge in [-0.3, -0.25) is 9.67 Å². The molecule has 0 saturated carbocycles. The van der Waals surface area contributed by atoms with Gasteiger partial charge in [-0.2, -0.15) is 5.10 Å². The average molecular weight is 422 g/mol. The molecule has 6 nitrogen and oxygen atoms in total. The SMILES string of the molecule is Cc1cc(-c2cccc(COc3ccc4c(cnn4CC[S+](C)(=O)[O-])c3)c2)ccn1. The summed E-state index contributed by atoms with van der Waals surface area (Å²) in [6.07, 6.45) is 4.78. The van der Waals surface area contributed by atoms with Crippen LogP contribution in [0, 0.1) is 6.92 Å². The van der Waals surface area contributed by atoms with Gasteiger partial charge in [0.15, 0.2) is 0 Å². The Labute approximate surface area is 176 Å². The Morgan fingerprint density at radius 3 is 2.73 bits per heavy atom. The molecule has 0 bridgehead atoms. The molecule has 0 amide bonds. The van der Waals surface area contributed by atoms with Crippen molar-refractivity contribution in [3.05, 3.63) is 78.2 Å². The molecule has 30 heavy (non-hydrogen) atoms. The smallest absolute Gasteiger partial charge is 0.128 e. The molecule has 1 atom stereocenters. The minimum Gasteiger partial charge on any atom is -0.615 e. The van der Waals surface area contributed by atoms with Gasteiger partial charge in [-0.15, -0.1) is 4.21 Å². The van der Waals surface area contributed by atoms with Crippen molar-refractivity contribution in [1.82, 2.24) is 14.8 Å². The molecule has 0 aliphatic heterocycles. The predicted molar refractivity (Wildman–Crippen MR) is 118 cm³/mol. The van der Waals surface area contributed by atoms with E-state index in [-0.39, 0.29) is 5.75 Å². The molecule has 0 aliphatic carbocycles. The van der Waals surface area contributed by atoms with Gasteiger partial charge in [0, 0.05) is 27.5 Å². The lowest BCUT2D eigenvalue weighted by Gasteiger charge is -2.10. The Hall–Kier alpha value is -3.03. The lowest BCUT2D eigenvalue weighted by atomic mass is 10.0. The molecule has 0 radical (unpaired) electrons. The first kappa shape index (κ1) is 20.3. The minimum absolute atomic E-state index is 0.0649. The lowest BCUT2D eigenvalue weighted by Crippen LogP contribution is -2.17. The molecule has 2 aromatic heterocycles.